The Morgan fingerprint density at radius 2 is 1.82 bits per heavy atom. The van der Waals surface area contributed by atoms with Crippen molar-refractivity contribution in [2.45, 2.75) is 6.61 Å². The average Bonchev–Trinajstić information content (AvgIpc) is 2.68. The second kappa shape index (κ2) is 8.34. The SMILES string of the molecule is COc1cc(/C=N/NC(=O)c2cc3ccccc3cc2O)ccc1OC(F)F. The molecule has 28 heavy (non-hydrogen) atoms. The van der Waals surface area contributed by atoms with Gasteiger partial charge in [-0.15, -0.1) is 0 Å². The number of hydrogen-bond acceptors (Lipinski definition) is 5. The van der Waals surface area contributed by atoms with Crippen molar-refractivity contribution in [2.24, 2.45) is 5.10 Å². The Balaban J connectivity index is 1.74. The smallest absolute Gasteiger partial charge is 0.387 e. The van der Waals surface area contributed by atoms with Crippen molar-refractivity contribution in [3.8, 4) is 17.2 Å². The van der Waals surface area contributed by atoms with E-state index in [2.05, 4.69) is 15.3 Å². The second-order valence-electron chi connectivity index (χ2n) is 5.70. The van der Waals surface area contributed by atoms with E-state index in [1.807, 2.05) is 24.3 Å². The van der Waals surface area contributed by atoms with Gasteiger partial charge in [0.15, 0.2) is 11.5 Å². The highest BCUT2D eigenvalue weighted by Gasteiger charge is 2.12. The van der Waals surface area contributed by atoms with Crippen molar-refractivity contribution in [1.82, 2.24) is 5.43 Å². The van der Waals surface area contributed by atoms with Gasteiger partial charge in [-0.2, -0.15) is 13.9 Å². The summed E-state index contributed by atoms with van der Waals surface area (Å²) in [5.74, 6) is -0.770. The summed E-state index contributed by atoms with van der Waals surface area (Å²) in [7, 11) is 1.32. The van der Waals surface area contributed by atoms with Crippen molar-refractivity contribution in [3.63, 3.8) is 0 Å². The zero-order chi connectivity index (χ0) is 20.1. The molecule has 3 aromatic carbocycles. The Morgan fingerprint density at radius 1 is 1.11 bits per heavy atom. The number of carbonyl (C=O) groups is 1. The minimum Gasteiger partial charge on any atom is -0.507 e. The molecule has 3 rings (SSSR count). The molecule has 0 saturated heterocycles. The maximum Gasteiger partial charge on any atom is 0.387 e. The van der Waals surface area contributed by atoms with Gasteiger partial charge in [0.1, 0.15) is 5.75 Å². The quantitative estimate of drug-likeness (QED) is 0.497. The van der Waals surface area contributed by atoms with Crippen LogP contribution in [0, 0.1) is 0 Å². The fourth-order valence-electron chi connectivity index (χ4n) is 2.59. The third-order valence-electron chi connectivity index (χ3n) is 3.89. The lowest BCUT2D eigenvalue weighted by Crippen LogP contribution is -2.17. The number of hydrazone groups is 1. The van der Waals surface area contributed by atoms with Gasteiger partial charge in [0.05, 0.1) is 18.9 Å². The lowest BCUT2D eigenvalue weighted by molar-refractivity contribution is -0.0512. The molecule has 8 heteroatoms. The Hall–Kier alpha value is -3.68. The number of hydrogen-bond donors (Lipinski definition) is 2. The highest BCUT2D eigenvalue weighted by molar-refractivity contribution is 6.01. The van der Waals surface area contributed by atoms with Gasteiger partial charge < -0.3 is 14.6 Å². The summed E-state index contributed by atoms with van der Waals surface area (Å²) >= 11 is 0. The van der Waals surface area contributed by atoms with Crippen molar-refractivity contribution in [2.75, 3.05) is 7.11 Å². The molecule has 0 heterocycles. The van der Waals surface area contributed by atoms with Gasteiger partial charge in [0.2, 0.25) is 0 Å². The number of methoxy groups -OCH3 is 1. The summed E-state index contributed by atoms with van der Waals surface area (Å²) in [4.78, 5) is 12.3. The first-order valence-electron chi connectivity index (χ1n) is 8.16. The van der Waals surface area contributed by atoms with Crippen LogP contribution in [0.4, 0.5) is 8.78 Å². The van der Waals surface area contributed by atoms with E-state index in [9.17, 15) is 18.7 Å². The van der Waals surface area contributed by atoms with Gasteiger partial charge in [-0.05, 0) is 46.7 Å². The van der Waals surface area contributed by atoms with Crippen LogP contribution in [0.25, 0.3) is 10.8 Å². The number of phenolic OH excluding ortho intramolecular Hbond substituents is 1. The van der Waals surface area contributed by atoms with Gasteiger partial charge in [0, 0.05) is 0 Å². The summed E-state index contributed by atoms with van der Waals surface area (Å²) in [6, 6.07) is 14.6. The molecule has 0 atom stereocenters. The molecule has 144 valence electrons. The maximum absolute atomic E-state index is 12.3. The highest BCUT2D eigenvalue weighted by atomic mass is 19.3. The average molecular weight is 386 g/mol. The number of carbonyl (C=O) groups excluding carboxylic acids is 1. The topological polar surface area (TPSA) is 80.2 Å². The number of nitrogens with one attached hydrogen (secondary N) is 1. The van der Waals surface area contributed by atoms with Crippen LogP contribution in [0.3, 0.4) is 0 Å². The van der Waals surface area contributed by atoms with E-state index in [4.69, 9.17) is 4.74 Å². The van der Waals surface area contributed by atoms with E-state index < -0.39 is 12.5 Å². The zero-order valence-electron chi connectivity index (χ0n) is 14.7. The molecule has 1 amide bonds. The lowest BCUT2D eigenvalue weighted by atomic mass is 10.1. The minimum atomic E-state index is -2.97. The number of fused-ring (bicyclic) bond motifs is 1. The van der Waals surface area contributed by atoms with Gasteiger partial charge in [-0.3, -0.25) is 4.79 Å². The number of ether oxygens (including phenoxy) is 2. The van der Waals surface area contributed by atoms with E-state index in [0.717, 1.165) is 10.8 Å². The number of halogens is 2. The van der Waals surface area contributed by atoms with Crippen LogP contribution >= 0.6 is 0 Å². The maximum atomic E-state index is 12.3. The highest BCUT2D eigenvalue weighted by Crippen LogP contribution is 2.29. The van der Waals surface area contributed by atoms with Gasteiger partial charge in [0.25, 0.3) is 5.91 Å². The fraction of sp³-hybridized carbons (Fsp3) is 0.100. The molecule has 0 fully saturated rings. The normalized spacial score (nSPS) is 11.1. The molecular weight excluding hydrogens is 370 g/mol. The van der Waals surface area contributed by atoms with Crippen molar-refractivity contribution in [3.05, 3.63) is 65.7 Å². The minimum absolute atomic E-state index is 0.0779. The Kier molecular flexibility index (Phi) is 5.69. The Labute approximate surface area is 159 Å². The summed E-state index contributed by atoms with van der Waals surface area (Å²) in [5, 5.41) is 15.5. The van der Waals surface area contributed by atoms with Gasteiger partial charge in [-0.25, -0.2) is 5.43 Å². The van der Waals surface area contributed by atoms with Crippen LogP contribution in [-0.2, 0) is 0 Å². The number of nitrogens with zero attached hydrogens (tertiary/aromatic N) is 1. The lowest BCUT2D eigenvalue weighted by Gasteiger charge is -2.10. The largest absolute Gasteiger partial charge is 0.507 e. The third-order valence-corrected chi connectivity index (χ3v) is 3.89. The van der Waals surface area contributed by atoms with E-state index in [-0.39, 0.29) is 22.8 Å². The molecule has 2 N–H and O–H groups in total. The molecule has 0 aliphatic carbocycles. The van der Waals surface area contributed by atoms with Crippen molar-refractivity contribution in [1.29, 1.82) is 0 Å². The number of benzene rings is 3. The molecule has 6 nitrogen and oxygen atoms in total. The van der Waals surface area contributed by atoms with E-state index in [1.54, 1.807) is 6.07 Å². The van der Waals surface area contributed by atoms with E-state index in [0.29, 0.717) is 5.56 Å². The predicted octanol–water partition coefficient (Wildman–Crippen LogP) is 3.92. The zero-order valence-corrected chi connectivity index (χ0v) is 14.7. The number of phenols is 1. The summed E-state index contributed by atoms with van der Waals surface area (Å²) in [5.41, 5.74) is 2.88. The van der Waals surface area contributed by atoms with Crippen LogP contribution in [0.2, 0.25) is 0 Å². The number of aromatic hydroxyl groups is 1. The van der Waals surface area contributed by atoms with Crippen molar-refractivity contribution >= 4 is 22.9 Å². The first-order valence-corrected chi connectivity index (χ1v) is 8.16. The molecular formula is C20H16F2N2O4. The number of amides is 1. The first-order chi connectivity index (χ1) is 13.5. The Morgan fingerprint density at radius 3 is 2.50 bits per heavy atom. The summed E-state index contributed by atoms with van der Waals surface area (Å²) in [6.45, 7) is -2.97. The summed E-state index contributed by atoms with van der Waals surface area (Å²) in [6.07, 6.45) is 1.31. The van der Waals surface area contributed by atoms with Crippen LogP contribution in [0.1, 0.15) is 15.9 Å². The molecule has 0 spiro atoms. The molecule has 0 aliphatic heterocycles. The molecule has 0 saturated carbocycles. The molecule has 0 aliphatic rings. The van der Waals surface area contributed by atoms with Gasteiger partial charge in [-0.1, -0.05) is 24.3 Å². The molecule has 0 unspecified atom stereocenters. The molecule has 0 aromatic heterocycles. The molecule has 0 bridgehead atoms. The van der Waals surface area contributed by atoms with Crippen molar-refractivity contribution < 1.29 is 28.2 Å². The van der Waals surface area contributed by atoms with E-state index >= 15 is 0 Å². The molecule has 0 radical (unpaired) electrons. The van der Waals surface area contributed by atoms with Crippen LogP contribution in [0.15, 0.2) is 59.7 Å². The second-order valence-corrected chi connectivity index (χ2v) is 5.70. The van der Waals surface area contributed by atoms with Crippen LogP contribution in [0.5, 0.6) is 17.2 Å². The van der Waals surface area contributed by atoms with Crippen LogP contribution in [-0.4, -0.2) is 30.9 Å². The van der Waals surface area contributed by atoms with Gasteiger partial charge >= 0.3 is 6.61 Å². The standard InChI is InChI=1S/C20H16F2N2O4/c1-27-18-8-12(6-7-17(18)28-20(21)22)11-23-24-19(26)15-9-13-4-2-3-5-14(13)10-16(15)25/h2-11,20,25H,1H3,(H,24,26)/b23-11+. The molecule has 3 aromatic rings. The van der Waals surface area contributed by atoms with Crippen LogP contribution < -0.4 is 14.9 Å². The number of rotatable bonds is 6. The Bertz CT molecular complexity index is 1040. The third kappa shape index (κ3) is 4.35. The first kappa shape index (κ1) is 19.1. The monoisotopic (exact) mass is 386 g/mol. The fourth-order valence-corrected chi connectivity index (χ4v) is 2.59. The summed E-state index contributed by atoms with van der Waals surface area (Å²) < 4.78 is 34.0. The van der Waals surface area contributed by atoms with E-state index in [1.165, 1.54) is 37.6 Å². The number of alkyl halides is 2. The predicted molar refractivity (Wildman–Crippen MR) is 100 cm³/mol.